The Morgan fingerprint density at radius 2 is 1.60 bits per heavy atom. The molecule has 7 heteroatoms. The first-order valence-electron chi connectivity index (χ1n) is 3.83. The highest BCUT2D eigenvalue weighted by Crippen LogP contribution is 2.26. The summed E-state index contributed by atoms with van der Waals surface area (Å²) in [6, 6.07) is 1.91. The molecule has 1 aromatic rings. The van der Waals surface area contributed by atoms with E-state index in [-0.39, 0.29) is 21.6 Å². The second-order valence-corrected chi connectivity index (χ2v) is 3.59. The molecule has 0 aliphatic rings. The van der Waals surface area contributed by atoms with Gasteiger partial charge in [0.2, 0.25) is 0 Å². The Morgan fingerprint density at radius 3 is 2.13 bits per heavy atom. The van der Waals surface area contributed by atoms with E-state index in [0.717, 1.165) is 12.1 Å². The second kappa shape index (κ2) is 4.45. The Bertz CT molecular complexity index is 400. The van der Waals surface area contributed by atoms with Gasteiger partial charge in [-0.2, -0.15) is 0 Å². The molecule has 0 spiro atoms. The van der Waals surface area contributed by atoms with Crippen molar-refractivity contribution in [1.82, 2.24) is 0 Å². The van der Waals surface area contributed by atoms with E-state index in [0.29, 0.717) is 6.08 Å². The molecule has 0 saturated carbocycles. The van der Waals surface area contributed by atoms with Crippen LogP contribution in [-0.4, -0.2) is 6.98 Å². The molecule has 1 aromatic carbocycles. The van der Waals surface area contributed by atoms with E-state index in [2.05, 4.69) is 0 Å². The lowest BCUT2D eigenvalue weighted by atomic mass is 9.90. The standard InChI is InChI=1S/C8H4BCl2F4/c10-6-3-5(1-2-9(13,14)15)8(12)4-7(6)11/h1-4H/q-1/b2-1+. The topological polar surface area (TPSA) is 0 Å². The van der Waals surface area contributed by atoms with Crippen molar-refractivity contribution in [2.75, 3.05) is 0 Å². The molecule has 0 fully saturated rings. The molecule has 0 N–H and O–H groups in total. The van der Waals surface area contributed by atoms with Crippen molar-refractivity contribution in [3.8, 4) is 0 Å². The van der Waals surface area contributed by atoms with E-state index in [4.69, 9.17) is 23.2 Å². The van der Waals surface area contributed by atoms with E-state index < -0.39 is 12.8 Å². The third-order valence-corrected chi connectivity index (χ3v) is 2.26. The molecule has 0 heterocycles. The Labute approximate surface area is 93.5 Å². The summed E-state index contributed by atoms with van der Waals surface area (Å²) in [6.45, 7) is -5.09. The lowest BCUT2D eigenvalue weighted by Gasteiger charge is -2.07. The van der Waals surface area contributed by atoms with Crippen LogP contribution in [0.15, 0.2) is 18.1 Å². The molecule has 0 saturated heterocycles. The van der Waals surface area contributed by atoms with Gasteiger partial charge in [-0.05, 0) is 12.1 Å². The minimum atomic E-state index is -5.09. The summed E-state index contributed by atoms with van der Waals surface area (Å²) in [5.74, 6) is -0.858. The highest BCUT2D eigenvalue weighted by molar-refractivity contribution is 6.64. The van der Waals surface area contributed by atoms with Crippen LogP contribution in [0.2, 0.25) is 10.0 Å². The normalized spacial score (nSPS) is 12.4. The zero-order valence-electron chi connectivity index (χ0n) is 7.15. The first-order chi connectivity index (χ1) is 6.79. The fourth-order valence-electron chi connectivity index (χ4n) is 0.878. The Morgan fingerprint density at radius 1 is 1.07 bits per heavy atom. The van der Waals surface area contributed by atoms with E-state index in [9.17, 15) is 17.3 Å². The Hall–Kier alpha value is -0.675. The molecule has 0 radical (unpaired) electrons. The molecule has 0 atom stereocenters. The van der Waals surface area contributed by atoms with Crippen LogP contribution in [0.1, 0.15) is 5.56 Å². The summed E-state index contributed by atoms with van der Waals surface area (Å²) in [7, 11) is 0. The first kappa shape index (κ1) is 12.4. The van der Waals surface area contributed by atoms with Crippen molar-refractivity contribution in [2.24, 2.45) is 0 Å². The van der Waals surface area contributed by atoms with E-state index in [1.807, 2.05) is 0 Å². The average molecular weight is 258 g/mol. The van der Waals surface area contributed by atoms with Crippen LogP contribution in [0.3, 0.4) is 0 Å². The number of hydrogen-bond donors (Lipinski definition) is 0. The molecule has 0 unspecified atom stereocenters. The van der Waals surface area contributed by atoms with Crippen molar-refractivity contribution in [2.45, 2.75) is 0 Å². The van der Waals surface area contributed by atoms with Gasteiger partial charge in [-0.3, -0.25) is 0 Å². The third kappa shape index (κ3) is 3.76. The maximum Gasteiger partial charge on any atom is 0.502 e. The van der Waals surface area contributed by atoms with Gasteiger partial charge in [0, 0.05) is 5.56 Å². The second-order valence-electron chi connectivity index (χ2n) is 2.77. The lowest BCUT2D eigenvalue weighted by molar-refractivity contribution is 0.499. The smallest absolute Gasteiger partial charge is 0.445 e. The van der Waals surface area contributed by atoms with Crippen molar-refractivity contribution >= 4 is 36.3 Å². The van der Waals surface area contributed by atoms with E-state index >= 15 is 0 Å². The monoisotopic (exact) mass is 257 g/mol. The molecule has 0 bridgehead atoms. The molecule has 82 valence electrons. The van der Waals surface area contributed by atoms with E-state index in [1.165, 1.54) is 0 Å². The maximum atomic E-state index is 13.1. The van der Waals surface area contributed by atoms with Gasteiger partial charge in [0.1, 0.15) is 5.82 Å². The Kier molecular flexibility index (Phi) is 3.68. The van der Waals surface area contributed by atoms with Gasteiger partial charge < -0.3 is 12.9 Å². The van der Waals surface area contributed by atoms with Gasteiger partial charge in [0.05, 0.1) is 10.0 Å². The molecule has 0 aliphatic heterocycles. The van der Waals surface area contributed by atoms with Gasteiger partial charge >= 0.3 is 6.98 Å². The van der Waals surface area contributed by atoms with Crippen molar-refractivity contribution in [3.63, 3.8) is 0 Å². The van der Waals surface area contributed by atoms with Crippen LogP contribution < -0.4 is 0 Å². The number of halogens is 6. The minimum Gasteiger partial charge on any atom is -0.445 e. The van der Waals surface area contributed by atoms with Crippen LogP contribution in [0, 0.1) is 5.82 Å². The first-order valence-corrected chi connectivity index (χ1v) is 4.59. The minimum absolute atomic E-state index is 0.00684. The van der Waals surface area contributed by atoms with Crippen LogP contribution in [0.5, 0.6) is 0 Å². The SMILES string of the molecule is Fc1cc(Cl)c(Cl)cc1/C=C/[B-](F)(F)F. The van der Waals surface area contributed by atoms with Gasteiger partial charge in [-0.25, -0.2) is 4.39 Å². The van der Waals surface area contributed by atoms with Crippen molar-refractivity contribution < 1.29 is 17.3 Å². The summed E-state index contributed by atoms with van der Waals surface area (Å²) in [5.41, 5.74) is -0.247. The number of hydrogen-bond acceptors (Lipinski definition) is 0. The van der Waals surface area contributed by atoms with Gasteiger partial charge in [0.15, 0.2) is 0 Å². The zero-order valence-corrected chi connectivity index (χ0v) is 8.67. The van der Waals surface area contributed by atoms with Gasteiger partial charge in [0.25, 0.3) is 0 Å². The lowest BCUT2D eigenvalue weighted by Crippen LogP contribution is -2.09. The molecule has 0 aromatic heterocycles. The molecular formula is C8H4BCl2F4-. The largest absolute Gasteiger partial charge is 0.502 e. The summed E-state index contributed by atoms with van der Waals surface area (Å²) < 4.78 is 48.6. The molecule has 0 aliphatic carbocycles. The van der Waals surface area contributed by atoms with Crippen molar-refractivity contribution in [3.05, 3.63) is 39.5 Å². The predicted octanol–water partition coefficient (Wildman–Crippen LogP) is 4.53. The molecule has 0 nitrogen and oxygen atoms in total. The van der Waals surface area contributed by atoms with Crippen LogP contribution in [0.25, 0.3) is 6.08 Å². The highest BCUT2D eigenvalue weighted by atomic mass is 35.5. The van der Waals surface area contributed by atoms with Crippen molar-refractivity contribution in [1.29, 1.82) is 0 Å². The predicted molar refractivity (Wildman–Crippen MR) is 54.5 cm³/mol. The van der Waals surface area contributed by atoms with Crippen LogP contribution in [-0.2, 0) is 0 Å². The van der Waals surface area contributed by atoms with Crippen LogP contribution in [0.4, 0.5) is 17.3 Å². The fourth-order valence-corrected chi connectivity index (χ4v) is 1.20. The molecule has 0 amide bonds. The van der Waals surface area contributed by atoms with Gasteiger partial charge in [-0.1, -0.05) is 29.3 Å². The zero-order chi connectivity index (χ0) is 11.6. The Balaban J connectivity index is 3.06. The summed E-state index contributed by atoms with van der Waals surface area (Å²) in [4.78, 5) is 0. The molecule has 1 rings (SSSR count). The fraction of sp³-hybridized carbons (Fsp3) is 0. The summed E-state index contributed by atoms with van der Waals surface area (Å²) in [5, 5.41) is -0.0313. The average Bonchev–Trinajstić information content (AvgIpc) is 2.07. The summed E-state index contributed by atoms with van der Waals surface area (Å²) in [6.07, 6.45) is 0.623. The van der Waals surface area contributed by atoms with E-state index in [1.54, 1.807) is 0 Å². The summed E-state index contributed by atoms with van der Waals surface area (Å²) >= 11 is 11.0. The highest BCUT2D eigenvalue weighted by Gasteiger charge is 2.17. The maximum absolute atomic E-state index is 13.1. The molecule has 15 heavy (non-hydrogen) atoms. The number of rotatable bonds is 2. The third-order valence-electron chi connectivity index (χ3n) is 1.53. The van der Waals surface area contributed by atoms with Gasteiger partial charge in [-0.15, -0.1) is 5.98 Å². The number of benzene rings is 1. The van der Waals surface area contributed by atoms with Crippen LogP contribution >= 0.6 is 23.2 Å². The molecular weight excluding hydrogens is 254 g/mol. The quantitative estimate of drug-likeness (QED) is 0.415.